The Morgan fingerprint density at radius 2 is 2.05 bits per heavy atom. The first-order valence-electron chi connectivity index (χ1n) is 6.60. The summed E-state index contributed by atoms with van der Waals surface area (Å²) in [5, 5.41) is 3.19. The Morgan fingerprint density at radius 1 is 1.21 bits per heavy atom. The predicted octanol–water partition coefficient (Wildman–Crippen LogP) is 3.05. The van der Waals surface area contributed by atoms with E-state index in [4.69, 9.17) is 4.42 Å². The number of furan rings is 1. The summed E-state index contributed by atoms with van der Waals surface area (Å²) < 4.78 is 5.58. The molecule has 2 rings (SSSR count). The van der Waals surface area contributed by atoms with Crippen LogP contribution in [0, 0.1) is 6.92 Å². The van der Waals surface area contributed by atoms with Gasteiger partial charge in [0.1, 0.15) is 17.3 Å². The third kappa shape index (κ3) is 4.10. The zero-order chi connectivity index (χ0) is 13.7. The minimum absolute atomic E-state index is 0.808. The summed E-state index contributed by atoms with van der Waals surface area (Å²) in [6, 6.07) is 8.15. The minimum Gasteiger partial charge on any atom is -0.465 e. The first kappa shape index (κ1) is 13.6. The van der Waals surface area contributed by atoms with Crippen LogP contribution in [0.3, 0.4) is 0 Å². The summed E-state index contributed by atoms with van der Waals surface area (Å²) in [5.74, 6) is 2.88. The number of nitrogens with one attached hydrogen (secondary N) is 1. The average Bonchev–Trinajstić information content (AvgIpc) is 2.77. The Labute approximate surface area is 114 Å². The van der Waals surface area contributed by atoms with Gasteiger partial charge in [-0.15, -0.1) is 0 Å². The molecule has 0 unspecified atom stereocenters. The van der Waals surface area contributed by atoms with Crippen molar-refractivity contribution in [1.82, 2.24) is 9.88 Å². The highest BCUT2D eigenvalue weighted by molar-refractivity contribution is 5.35. The first-order chi connectivity index (χ1) is 9.17. The van der Waals surface area contributed by atoms with E-state index in [9.17, 15) is 0 Å². The van der Waals surface area contributed by atoms with Crippen molar-refractivity contribution in [2.75, 3.05) is 18.9 Å². The topological polar surface area (TPSA) is 41.3 Å². The molecule has 0 spiro atoms. The molecule has 19 heavy (non-hydrogen) atoms. The maximum Gasteiger partial charge on any atom is 0.125 e. The maximum atomic E-state index is 5.58. The van der Waals surface area contributed by atoms with Gasteiger partial charge in [-0.3, -0.25) is 4.90 Å². The number of aryl methyl sites for hydroxylation is 1. The third-order valence-electron chi connectivity index (χ3n) is 2.86. The summed E-state index contributed by atoms with van der Waals surface area (Å²) in [6.07, 6.45) is 1.92. The SMILES string of the molecule is CCNc1ccc(CN(C)Cc2ccc(C)o2)cn1. The van der Waals surface area contributed by atoms with Crippen LogP contribution in [0.1, 0.15) is 24.0 Å². The van der Waals surface area contributed by atoms with E-state index in [2.05, 4.69) is 35.2 Å². The molecule has 0 atom stereocenters. The lowest BCUT2D eigenvalue weighted by Gasteiger charge is -2.15. The van der Waals surface area contributed by atoms with Gasteiger partial charge in [0.2, 0.25) is 0 Å². The highest BCUT2D eigenvalue weighted by Gasteiger charge is 2.05. The van der Waals surface area contributed by atoms with Gasteiger partial charge in [0.05, 0.1) is 6.54 Å². The molecular weight excluding hydrogens is 238 g/mol. The summed E-state index contributed by atoms with van der Waals surface area (Å²) in [7, 11) is 2.08. The number of hydrogen-bond donors (Lipinski definition) is 1. The van der Waals surface area contributed by atoms with Gasteiger partial charge >= 0.3 is 0 Å². The number of aromatic nitrogens is 1. The highest BCUT2D eigenvalue weighted by Crippen LogP contribution is 2.11. The van der Waals surface area contributed by atoms with Crippen LogP contribution in [-0.4, -0.2) is 23.5 Å². The van der Waals surface area contributed by atoms with Crippen LogP contribution in [0.2, 0.25) is 0 Å². The average molecular weight is 259 g/mol. The van der Waals surface area contributed by atoms with Crippen LogP contribution in [0.25, 0.3) is 0 Å². The molecule has 0 fully saturated rings. The van der Waals surface area contributed by atoms with Crippen LogP contribution in [0.15, 0.2) is 34.9 Å². The molecule has 0 aliphatic rings. The fraction of sp³-hybridized carbons (Fsp3) is 0.400. The van der Waals surface area contributed by atoms with E-state index in [0.29, 0.717) is 0 Å². The molecule has 0 aliphatic carbocycles. The Balaban J connectivity index is 1.89. The highest BCUT2D eigenvalue weighted by atomic mass is 16.3. The van der Waals surface area contributed by atoms with E-state index in [-0.39, 0.29) is 0 Å². The summed E-state index contributed by atoms with van der Waals surface area (Å²) >= 11 is 0. The molecule has 0 radical (unpaired) electrons. The van der Waals surface area contributed by atoms with Gasteiger partial charge < -0.3 is 9.73 Å². The number of nitrogens with zero attached hydrogens (tertiary/aromatic N) is 2. The van der Waals surface area contributed by atoms with E-state index in [1.165, 1.54) is 5.56 Å². The largest absolute Gasteiger partial charge is 0.465 e. The van der Waals surface area contributed by atoms with E-state index < -0.39 is 0 Å². The van der Waals surface area contributed by atoms with E-state index in [1.807, 2.05) is 31.3 Å². The third-order valence-corrected chi connectivity index (χ3v) is 2.86. The summed E-state index contributed by atoms with van der Waals surface area (Å²) in [6.45, 7) is 6.59. The monoisotopic (exact) mass is 259 g/mol. The quantitative estimate of drug-likeness (QED) is 0.865. The lowest BCUT2D eigenvalue weighted by molar-refractivity contribution is 0.285. The summed E-state index contributed by atoms with van der Waals surface area (Å²) in [5.41, 5.74) is 1.20. The molecule has 2 aromatic heterocycles. The van der Waals surface area contributed by atoms with Gasteiger partial charge in [-0.05, 0) is 44.7 Å². The molecular formula is C15H21N3O. The van der Waals surface area contributed by atoms with E-state index in [1.54, 1.807) is 0 Å². The zero-order valence-corrected chi connectivity index (χ0v) is 11.8. The van der Waals surface area contributed by atoms with Crippen molar-refractivity contribution in [3.05, 3.63) is 47.5 Å². The fourth-order valence-electron chi connectivity index (χ4n) is 2.01. The fourth-order valence-corrected chi connectivity index (χ4v) is 2.01. The molecule has 0 bridgehead atoms. The summed E-state index contributed by atoms with van der Waals surface area (Å²) in [4.78, 5) is 6.58. The Hall–Kier alpha value is -1.81. The maximum absolute atomic E-state index is 5.58. The molecule has 2 aromatic rings. The molecule has 102 valence electrons. The van der Waals surface area contributed by atoms with Crippen molar-refractivity contribution in [1.29, 1.82) is 0 Å². The molecule has 4 heteroatoms. The lowest BCUT2D eigenvalue weighted by Crippen LogP contribution is -2.17. The van der Waals surface area contributed by atoms with Crippen molar-refractivity contribution in [2.45, 2.75) is 26.9 Å². The van der Waals surface area contributed by atoms with Gasteiger partial charge in [0.25, 0.3) is 0 Å². The molecule has 0 saturated heterocycles. The zero-order valence-electron chi connectivity index (χ0n) is 11.8. The Morgan fingerprint density at radius 3 is 2.63 bits per heavy atom. The molecule has 0 aliphatic heterocycles. The Bertz CT molecular complexity index is 504. The molecule has 0 amide bonds. The van der Waals surface area contributed by atoms with Crippen LogP contribution in [0.5, 0.6) is 0 Å². The van der Waals surface area contributed by atoms with E-state index in [0.717, 1.165) is 37.0 Å². The number of anilines is 1. The van der Waals surface area contributed by atoms with Gasteiger partial charge in [-0.25, -0.2) is 4.98 Å². The molecule has 4 nitrogen and oxygen atoms in total. The predicted molar refractivity (Wildman–Crippen MR) is 77.0 cm³/mol. The molecule has 0 saturated carbocycles. The van der Waals surface area contributed by atoms with Gasteiger partial charge in [-0.1, -0.05) is 6.07 Å². The van der Waals surface area contributed by atoms with Crippen molar-refractivity contribution in [3.8, 4) is 0 Å². The van der Waals surface area contributed by atoms with Crippen LogP contribution in [0.4, 0.5) is 5.82 Å². The second-order valence-electron chi connectivity index (χ2n) is 4.77. The second kappa shape index (κ2) is 6.38. The van der Waals surface area contributed by atoms with Crippen molar-refractivity contribution >= 4 is 5.82 Å². The van der Waals surface area contributed by atoms with Crippen molar-refractivity contribution < 1.29 is 4.42 Å². The number of pyridine rings is 1. The minimum atomic E-state index is 0.808. The lowest BCUT2D eigenvalue weighted by atomic mass is 10.2. The smallest absolute Gasteiger partial charge is 0.125 e. The Kier molecular flexibility index (Phi) is 4.58. The van der Waals surface area contributed by atoms with Crippen LogP contribution < -0.4 is 5.32 Å². The van der Waals surface area contributed by atoms with Gasteiger partial charge in [0, 0.05) is 19.3 Å². The molecule has 1 N–H and O–H groups in total. The van der Waals surface area contributed by atoms with Gasteiger partial charge in [-0.2, -0.15) is 0 Å². The van der Waals surface area contributed by atoms with Crippen LogP contribution in [-0.2, 0) is 13.1 Å². The first-order valence-corrected chi connectivity index (χ1v) is 6.60. The van der Waals surface area contributed by atoms with Crippen LogP contribution >= 0.6 is 0 Å². The van der Waals surface area contributed by atoms with Crippen molar-refractivity contribution in [2.24, 2.45) is 0 Å². The van der Waals surface area contributed by atoms with Gasteiger partial charge in [0.15, 0.2) is 0 Å². The second-order valence-corrected chi connectivity index (χ2v) is 4.77. The van der Waals surface area contributed by atoms with E-state index >= 15 is 0 Å². The standard InChI is InChI=1S/C15H21N3O/c1-4-16-15-8-6-13(9-17-15)10-18(3)11-14-7-5-12(2)19-14/h5-9H,4,10-11H2,1-3H3,(H,16,17). The normalized spacial score (nSPS) is 10.9. The van der Waals surface area contributed by atoms with Crippen molar-refractivity contribution in [3.63, 3.8) is 0 Å². The number of hydrogen-bond acceptors (Lipinski definition) is 4. The number of rotatable bonds is 6. The molecule has 2 heterocycles. The molecule has 0 aromatic carbocycles.